The Hall–Kier alpha value is -1.38. The van der Waals surface area contributed by atoms with Crippen molar-refractivity contribution in [3.05, 3.63) is 48.0 Å². The maximum absolute atomic E-state index is 3.44. The molecule has 3 rings (SSSR count). The molecule has 2 aromatic rings. The first kappa shape index (κ1) is 12.6. The predicted octanol–water partition coefficient (Wildman–Crippen LogP) is 3.20. The van der Waals surface area contributed by atoms with Crippen LogP contribution >= 0.6 is 0 Å². The molecule has 2 heteroatoms. The van der Waals surface area contributed by atoms with E-state index in [1.807, 2.05) is 0 Å². The first-order chi connectivity index (χ1) is 9.40. The number of nitrogens with zero attached hydrogens (tertiary/aromatic N) is 1. The number of piperazine rings is 1. The molecule has 0 saturated carbocycles. The molecule has 100 valence electrons. The van der Waals surface area contributed by atoms with Crippen LogP contribution in [0.3, 0.4) is 0 Å². The zero-order valence-corrected chi connectivity index (χ0v) is 11.6. The molecular formula is C17H22N2. The largest absolute Gasteiger partial charge is 0.314 e. The molecule has 0 spiro atoms. The highest BCUT2D eigenvalue weighted by Gasteiger charge is 2.21. The van der Waals surface area contributed by atoms with Gasteiger partial charge in [-0.1, -0.05) is 49.4 Å². The minimum atomic E-state index is 0.549. The summed E-state index contributed by atoms with van der Waals surface area (Å²) >= 11 is 0. The van der Waals surface area contributed by atoms with Crippen molar-refractivity contribution in [1.29, 1.82) is 0 Å². The molecule has 0 bridgehead atoms. The Morgan fingerprint density at radius 2 is 1.79 bits per heavy atom. The molecule has 0 unspecified atom stereocenters. The molecular weight excluding hydrogens is 232 g/mol. The summed E-state index contributed by atoms with van der Waals surface area (Å²) in [6.07, 6.45) is 1.17. The molecule has 2 nitrogen and oxygen atoms in total. The van der Waals surface area contributed by atoms with Gasteiger partial charge in [-0.2, -0.15) is 0 Å². The second-order valence-electron chi connectivity index (χ2n) is 5.28. The third-order valence-electron chi connectivity index (χ3n) is 4.16. The van der Waals surface area contributed by atoms with Crippen LogP contribution in [-0.4, -0.2) is 31.1 Å². The van der Waals surface area contributed by atoms with Gasteiger partial charge >= 0.3 is 0 Å². The van der Waals surface area contributed by atoms with Gasteiger partial charge in [-0.15, -0.1) is 0 Å². The van der Waals surface area contributed by atoms with Crippen LogP contribution in [0.5, 0.6) is 0 Å². The molecule has 0 aromatic heterocycles. The Labute approximate surface area is 115 Å². The van der Waals surface area contributed by atoms with Crippen molar-refractivity contribution in [3.8, 4) is 0 Å². The molecule has 19 heavy (non-hydrogen) atoms. The highest BCUT2D eigenvalue weighted by Crippen LogP contribution is 2.30. The lowest BCUT2D eigenvalue weighted by molar-refractivity contribution is 0.170. The van der Waals surface area contributed by atoms with Crippen LogP contribution in [0.25, 0.3) is 10.8 Å². The zero-order valence-electron chi connectivity index (χ0n) is 11.6. The first-order valence-electron chi connectivity index (χ1n) is 7.32. The monoisotopic (exact) mass is 254 g/mol. The molecule has 1 fully saturated rings. The second-order valence-corrected chi connectivity index (χ2v) is 5.28. The van der Waals surface area contributed by atoms with Crippen LogP contribution in [0.15, 0.2) is 42.5 Å². The summed E-state index contributed by atoms with van der Waals surface area (Å²) in [6, 6.07) is 16.0. The van der Waals surface area contributed by atoms with Gasteiger partial charge in [-0.3, -0.25) is 4.90 Å². The van der Waals surface area contributed by atoms with Crippen molar-refractivity contribution in [1.82, 2.24) is 10.2 Å². The molecule has 0 amide bonds. The lowest BCUT2D eigenvalue weighted by atomic mass is 9.95. The van der Waals surface area contributed by atoms with Gasteiger partial charge in [-0.25, -0.2) is 0 Å². The van der Waals surface area contributed by atoms with Crippen molar-refractivity contribution < 1.29 is 0 Å². The number of hydrogen-bond donors (Lipinski definition) is 1. The lowest BCUT2D eigenvalue weighted by Crippen LogP contribution is -2.45. The molecule has 1 aliphatic heterocycles. The fourth-order valence-corrected chi connectivity index (χ4v) is 3.21. The van der Waals surface area contributed by atoms with E-state index in [-0.39, 0.29) is 0 Å². The molecule has 0 aliphatic carbocycles. The number of rotatable bonds is 3. The van der Waals surface area contributed by atoms with Crippen LogP contribution in [0, 0.1) is 0 Å². The van der Waals surface area contributed by atoms with Gasteiger partial charge in [0.05, 0.1) is 0 Å². The molecule has 1 saturated heterocycles. The molecule has 0 radical (unpaired) electrons. The summed E-state index contributed by atoms with van der Waals surface area (Å²) in [5.74, 6) is 0. The van der Waals surface area contributed by atoms with Crippen LogP contribution in [0.2, 0.25) is 0 Å². The third kappa shape index (κ3) is 2.51. The SMILES string of the molecule is CC[C@H](c1cccc2ccccc12)N1CCNCC1. The van der Waals surface area contributed by atoms with E-state index >= 15 is 0 Å². The lowest BCUT2D eigenvalue weighted by Gasteiger charge is -2.35. The van der Waals surface area contributed by atoms with Crippen molar-refractivity contribution in [2.75, 3.05) is 26.2 Å². The van der Waals surface area contributed by atoms with Crippen molar-refractivity contribution in [2.24, 2.45) is 0 Å². The number of hydrogen-bond acceptors (Lipinski definition) is 2. The smallest absolute Gasteiger partial charge is 0.0352 e. The average molecular weight is 254 g/mol. The van der Waals surface area contributed by atoms with E-state index in [1.165, 1.54) is 22.8 Å². The van der Waals surface area contributed by atoms with Crippen LogP contribution in [0.4, 0.5) is 0 Å². The van der Waals surface area contributed by atoms with Crippen LogP contribution in [0.1, 0.15) is 24.9 Å². The average Bonchev–Trinajstić information content (AvgIpc) is 2.49. The van der Waals surface area contributed by atoms with Crippen molar-refractivity contribution in [2.45, 2.75) is 19.4 Å². The summed E-state index contributed by atoms with van der Waals surface area (Å²) in [5, 5.41) is 6.21. The number of fused-ring (bicyclic) bond motifs is 1. The standard InChI is InChI=1S/C17H22N2/c1-2-17(19-12-10-18-11-13-19)16-9-5-7-14-6-3-4-8-15(14)16/h3-9,17-18H,2,10-13H2,1H3/t17-/m1/s1. The van der Waals surface area contributed by atoms with E-state index in [4.69, 9.17) is 0 Å². The molecule has 2 aromatic carbocycles. The van der Waals surface area contributed by atoms with Crippen LogP contribution in [-0.2, 0) is 0 Å². The summed E-state index contributed by atoms with van der Waals surface area (Å²) < 4.78 is 0. The Morgan fingerprint density at radius 3 is 2.58 bits per heavy atom. The predicted molar refractivity (Wildman–Crippen MR) is 81.4 cm³/mol. The summed E-state index contributed by atoms with van der Waals surface area (Å²) in [7, 11) is 0. The molecule has 1 N–H and O–H groups in total. The Kier molecular flexibility index (Phi) is 3.81. The van der Waals surface area contributed by atoms with Gasteiger partial charge in [0.15, 0.2) is 0 Å². The van der Waals surface area contributed by atoms with E-state index in [9.17, 15) is 0 Å². The summed E-state index contributed by atoms with van der Waals surface area (Å²) in [5.41, 5.74) is 1.49. The highest BCUT2D eigenvalue weighted by molar-refractivity contribution is 5.86. The third-order valence-corrected chi connectivity index (χ3v) is 4.16. The summed E-state index contributed by atoms with van der Waals surface area (Å²) in [4.78, 5) is 2.62. The summed E-state index contributed by atoms with van der Waals surface area (Å²) in [6.45, 7) is 6.83. The van der Waals surface area contributed by atoms with Gasteiger partial charge in [0.2, 0.25) is 0 Å². The van der Waals surface area contributed by atoms with E-state index < -0.39 is 0 Å². The zero-order chi connectivity index (χ0) is 13.1. The van der Waals surface area contributed by atoms with E-state index in [0.717, 1.165) is 26.2 Å². The Bertz CT molecular complexity index is 538. The minimum Gasteiger partial charge on any atom is -0.314 e. The van der Waals surface area contributed by atoms with E-state index in [1.54, 1.807) is 0 Å². The van der Waals surface area contributed by atoms with Crippen molar-refractivity contribution in [3.63, 3.8) is 0 Å². The van der Waals surface area contributed by atoms with Crippen LogP contribution < -0.4 is 5.32 Å². The minimum absolute atomic E-state index is 0.549. The maximum Gasteiger partial charge on any atom is 0.0352 e. The highest BCUT2D eigenvalue weighted by atomic mass is 15.2. The van der Waals surface area contributed by atoms with Gasteiger partial charge in [0.25, 0.3) is 0 Å². The normalized spacial score (nSPS) is 18.6. The van der Waals surface area contributed by atoms with Gasteiger partial charge in [-0.05, 0) is 22.8 Å². The molecule has 1 aliphatic rings. The molecule has 1 heterocycles. The molecule has 1 atom stereocenters. The Morgan fingerprint density at radius 1 is 1.05 bits per heavy atom. The van der Waals surface area contributed by atoms with Crippen molar-refractivity contribution >= 4 is 10.8 Å². The Balaban J connectivity index is 2.00. The van der Waals surface area contributed by atoms with Gasteiger partial charge < -0.3 is 5.32 Å². The quantitative estimate of drug-likeness (QED) is 0.905. The van der Waals surface area contributed by atoms with E-state index in [0.29, 0.717) is 6.04 Å². The first-order valence-corrected chi connectivity index (χ1v) is 7.32. The fourth-order valence-electron chi connectivity index (χ4n) is 3.21. The number of nitrogens with one attached hydrogen (secondary N) is 1. The number of benzene rings is 2. The van der Waals surface area contributed by atoms with Gasteiger partial charge in [0, 0.05) is 32.2 Å². The topological polar surface area (TPSA) is 15.3 Å². The van der Waals surface area contributed by atoms with E-state index in [2.05, 4.69) is 59.6 Å². The van der Waals surface area contributed by atoms with Gasteiger partial charge in [0.1, 0.15) is 0 Å². The maximum atomic E-state index is 3.44. The second kappa shape index (κ2) is 5.72. The fraction of sp³-hybridized carbons (Fsp3) is 0.412.